The van der Waals surface area contributed by atoms with Crippen LogP contribution in [0.2, 0.25) is 0 Å². The predicted molar refractivity (Wildman–Crippen MR) is 116 cm³/mol. The molecule has 0 aliphatic carbocycles. The quantitative estimate of drug-likeness (QED) is 0.382. The summed E-state index contributed by atoms with van der Waals surface area (Å²) in [5.74, 6) is 0.744. The van der Waals surface area contributed by atoms with Crippen molar-refractivity contribution in [3.05, 3.63) is 86.7 Å². The van der Waals surface area contributed by atoms with Crippen molar-refractivity contribution in [2.45, 2.75) is 20.0 Å². The van der Waals surface area contributed by atoms with Crippen molar-refractivity contribution in [3.8, 4) is 11.4 Å². The Balaban J connectivity index is 1.42. The maximum Gasteiger partial charge on any atom is 0.283 e. The Morgan fingerprint density at radius 1 is 1.10 bits per heavy atom. The molecule has 3 heterocycles. The van der Waals surface area contributed by atoms with Gasteiger partial charge in [0.15, 0.2) is 11.2 Å². The van der Waals surface area contributed by atoms with E-state index in [-0.39, 0.29) is 17.6 Å². The summed E-state index contributed by atoms with van der Waals surface area (Å²) in [4.78, 5) is 21.7. The molecule has 10 heteroatoms. The summed E-state index contributed by atoms with van der Waals surface area (Å²) >= 11 is 3.42. The highest BCUT2D eigenvalue weighted by Gasteiger charge is 2.15. The van der Waals surface area contributed by atoms with Gasteiger partial charge in [-0.3, -0.25) is 9.36 Å². The minimum Gasteiger partial charge on any atom is -0.337 e. The highest BCUT2D eigenvalue weighted by atomic mass is 79.9. The molecule has 0 aliphatic rings. The second kappa shape index (κ2) is 7.88. The highest BCUT2D eigenvalue weighted by molar-refractivity contribution is 9.10. The fraction of sp³-hybridized carbons (Fsp3) is 0.143. The van der Waals surface area contributed by atoms with Crippen LogP contribution in [0.5, 0.6) is 0 Å². The second-order valence-electron chi connectivity index (χ2n) is 7.05. The Bertz CT molecular complexity index is 1450. The Morgan fingerprint density at radius 2 is 1.97 bits per heavy atom. The Hall–Kier alpha value is -3.66. The molecule has 5 aromatic rings. The molecule has 0 spiro atoms. The number of aromatic nitrogens is 7. The van der Waals surface area contributed by atoms with Crippen LogP contribution in [0.25, 0.3) is 22.6 Å². The number of aryl methyl sites for hydroxylation is 1. The van der Waals surface area contributed by atoms with E-state index in [1.54, 1.807) is 4.68 Å². The van der Waals surface area contributed by atoms with E-state index >= 15 is 0 Å². The summed E-state index contributed by atoms with van der Waals surface area (Å²) in [5.41, 5.74) is 3.35. The van der Waals surface area contributed by atoms with E-state index in [4.69, 9.17) is 4.52 Å². The molecule has 154 valence electrons. The monoisotopic (exact) mass is 477 g/mol. The number of rotatable bonds is 5. The molecule has 0 amide bonds. The smallest absolute Gasteiger partial charge is 0.283 e. The molecule has 0 saturated heterocycles. The van der Waals surface area contributed by atoms with Gasteiger partial charge in [-0.15, -0.1) is 5.10 Å². The molecule has 0 fully saturated rings. The zero-order valence-corrected chi connectivity index (χ0v) is 18.0. The van der Waals surface area contributed by atoms with Crippen LogP contribution in [-0.4, -0.2) is 34.7 Å². The van der Waals surface area contributed by atoms with E-state index < -0.39 is 0 Å². The molecule has 0 unspecified atom stereocenters. The molecular weight excluding hydrogens is 462 g/mol. The molecular formula is C21H16BrN7O2. The lowest BCUT2D eigenvalue weighted by atomic mass is 10.1. The standard InChI is InChI=1S/C21H16BrN7O2/c1-13-5-2-3-6-15(13)10-29-20-18(25-27-29)21(30)28(12-23-20)11-17-24-19(26-31-17)14-7-4-8-16(22)9-14/h2-9,12H,10-11H2,1H3. The molecule has 31 heavy (non-hydrogen) atoms. The number of nitrogens with zero attached hydrogens (tertiary/aromatic N) is 7. The van der Waals surface area contributed by atoms with Gasteiger partial charge in [0.1, 0.15) is 12.9 Å². The topological polar surface area (TPSA) is 105 Å². The maximum atomic E-state index is 12.9. The van der Waals surface area contributed by atoms with Crippen LogP contribution < -0.4 is 5.56 Å². The van der Waals surface area contributed by atoms with Gasteiger partial charge in [-0.25, -0.2) is 9.67 Å². The zero-order chi connectivity index (χ0) is 21.4. The highest BCUT2D eigenvalue weighted by Crippen LogP contribution is 2.20. The first-order valence-corrected chi connectivity index (χ1v) is 10.3. The number of fused-ring (bicyclic) bond motifs is 1. The fourth-order valence-electron chi connectivity index (χ4n) is 3.26. The number of halogens is 1. The molecule has 0 radical (unpaired) electrons. The lowest BCUT2D eigenvalue weighted by Gasteiger charge is -2.06. The van der Waals surface area contributed by atoms with Gasteiger partial charge in [0.2, 0.25) is 11.7 Å². The van der Waals surface area contributed by atoms with Crippen molar-refractivity contribution in [2.24, 2.45) is 0 Å². The van der Waals surface area contributed by atoms with Gasteiger partial charge < -0.3 is 4.52 Å². The van der Waals surface area contributed by atoms with Crippen molar-refractivity contribution in [2.75, 3.05) is 0 Å². The van der Waals surface area contributed by atoms with Gasteiger partial charge >= 0.3 is 0 Å². The molecule has 9 nitrogen and oxygen atoms in total. The van der Waals surface area contributed by atoms with Gasteiger partial charge in [0.25, 0.3) is 5.56 Å². The van der Waals surface area contributed by atoms with Crippen LogP contribution in [0.15, 0.2) is 68.6 Å². The van der Waals surface area contributed by atoms with E-state index in [1.807, 2.05) is 55.5 Å². The lowest BCUT2D eigenvalue weighted by molar-refractivity contribution is 0.369. The normalized spacial score (nSPS) is 11.3. The maximum absolute atomic E-state index is 12.9. The Morgan fingerprint density at radius 3 is 2.81 bits per heavy atom. The largest absolute Gasteiger partial charge is 0.337 e. The predicted octanol–water partition coefficient (Wildman–Crippen LogP) is 3.21. The third kappa shape index (κ3) is 3.77. The number of hydrogen-bond donors (Lipinski definition) is 0. The van der Waals surface area contributed by atoms with Crippen molar-refractivity contribution in [1.82, 2.24) is 34.7 Å². The summed E-state index contributed by atoms with van der Waals surface area (Å²) in [6.07, 6.45) is 1.45. The van der Waals surface area contributed by atoms with Crippen LogP contribution in [0, 0.1) is 6.92 Å². The average Bonchev–Trinajstić information content (AvgIpc) is 3.40. The molecule has 0 bridgehead atoms. The molecule has 0 N–H and O–H groups in total. The summed E-state index contributed by atoms with van der Waals surface area (Å²) < 4.78 is 9.24. The Kier molecular flexibility index (Phi) is 4.91. The van der Waals surface area contributed by atoms with Crippen molar-refractivity contribution >= 4 is 27.1 Å². The first kappa shape index (κ1) is 19.3. The van der Waals surface area contributed by atoms with Crippen molar-refractivity contribution in [1.29, 1.82) is 0 Å². The average molecular weight is 478 g/mol. The van der Waals surface area contributed by atoms with Crippen LogP contribution in [0.1, 0.15) is 17.0 Å². The SMILES string of the molecule is Cc1ccccc1Cn1nnc2c(=O)n(Cc3nc(-c4cccc(Br)c4)no3)cnc21. The summed E-state index contributed by atoms with van der Waals surface area (Å²) in [7, 11) is 0. The molecule has 3 aromatic heterocycles. The van der Waals surface area contributed by atoms with E-state index in [1.165, 1.54) is 10.9 Å². The summed E-state index contributed by atoms with van der Waals surface area (Å²) in [6.45, 7) is 2.61. The first-order chi connectivity index (χ1) is 15.1. The van der Waals surface area contributed by atoms with Gasteiger partial charge in [-0.2, -0.15) is 4.98 Å². The number of benzene rings is 2. The molecule has 2 aromatic carbocycles. The molecule has 0 aliphatic heterocycles. The molecule has 0 atom stereocenters. The molecule has 5 rings (SSSR count). The van der Waals surface area contributed by atoms with E-state index in [0.29, 0.717) is 23.9 Å². The minimum absolute atomic E-state index is 0.0907. The van der Waals surface area contributed by atoms with Gasteiger partial charge in [0, 0.05) is 10.0 Å². The van der Waals surface area contributed by atoms with E-state index in [9.17, 15) is 4.79 Å². The van der Waals surface area contributed by atoms with Crippen molar-refractivity contribution < 1.29 is 4.52 Å². The van der Waals surface area contributed by atoms with Gasteiger partial charge in [-0.05, 0) is 30.2 Å². The van der Waals surface area contributed by atoms with Crippen LogP contribution in [-0.2, 0) is 13.1 Å². The van der Waals surface area contributed by atoms with Crippen LogP contribution >= 0.6 is 15.9 Å². The minimum atomic E-state index is -0.316. The van der Waals surface area contributed by atoms with E-state index in [0.717, 1.165) is 21.2 Å². The van der Waals surface area contributed by atoms with E-state index in [2.05, 4.69) is 41.4 Å². The van der Waals surface area contributed by atoms with Gasteiger partial charge in [0.05, 0.1) is 6.54 Å². The second-order valence-corrected chi connectivity index (χ2v) is 7.96. The lowest BCUT2D eigenvalue weighted by Crippen LogP contribution is -2.21. The fourth-order valence-corrected chi connectivity index (χ4v) is 3.66. The van der Waals surface area contributed by atoms with Crippen LogP contribution in [0.3, 0.4) is 0 Å². The first-order valence-electron chi connectivity index (χ1n) is 9.50. The molecule has 0 saturated carbocycles. The van der Waals surface area contributed by atoms with Gasteiger partial charge in [-0.1, -0.05) is 62.7 Å². The number of hydrogen-bond acceptors (Lipinski definition) is 7. The van der Waals surface area contributed by atoms with Crippen molar-refractivity contribution in [3.63, 3.8) is 0 Å². The Labute approximate surface area is 184 Å². The summed E-state index contributed by atoms with van der Waals surface area (Å²) in [6, 6.07) is 15.6. The zero-order valence-electron chi connectivity index (χ0n) is 16.4. The third-order valence-electron chi connectivity index (χ3n) is 4.93. The van der Waals surface area contributed by atoms with Crippen LogP contribution in [0.4, 0.5) is 0 Å². The third-order valence-corrected chi connectivity index (χ3v) is 5.42. The summed E-state index contributed by atoms with van der Waals surface area (Å²) in [5, 5.41) is 12.2.